The highest BCUT2D eigenvalue weighted by atomic mass is 16.6. The molecule has 0 radical (unpaired) electrons. The van der Waals surface area contributed by atoms with Crippen LogP contribution in [0, 0.1) is 0 Å². The molecule has 1 unspecified atom stereocenters. The van der Waals surface area contributed by atoms with Crippen molar-refractivity contribution in [1.29, 1.82) is 0 Å². The van der Waals surface area contributed by atoms with E-state index in [9.17, 15) is 0 Å². The average molecular weight is 283 g/mol. The van der Waals surface area contributed by atoms with Crippen LogP contribution in [0.25, 0.3) is 0 Å². The predicted octanol–water partition coefficient (Wildman–Crippen LogP) is 3.35. The SMILES string of the molecule is CCNC(Cc1ccccc1)c1ccc2c(c1)OCCO2. The molecular weight excluding hydrogens is 262 g/mol. The fraction of sp³-hybridized carbons (Fsp3) is 0.333. The van der Waals surface area contributed by atoms with E-state index in [1.807, 2.05) is 6.07 Å². The summed E-state index contributed by atoms with van der Waals surface area (Å²) in [6.07, 6.45) is 0.967. The largest absolute Gasteiger partial charge is 0.486 e. The van der Waals surface area contributed by atoms with Crippen LogP contribution in [-0.4, -0.2) is 19.8 Å². The van der Waals surface area contributed by atoms with Gasteiger partial charge in [0.15, 0.2) is 11.5 Å². The summed E-state index contributed by atoms with van der Waals surface area (Å²) < 4.78 is 11.3. The van der Waals surface area contributed by atoms with Gasteiger partial charge in [-0.05, 0) is 36.2 Å². The number of nitrogens with one attached hydrogen (secondary N) is 1. The summed E-state index contributed by atoms with van der Waals surface area (Å²) >= 11 is 0. The summed E-state index contributed by atoms with van der Waals surface area (Å²) in [7, 11) is 0. The van der Waals surface area contributed by atoms with Gasteiger partial charge in [0.25, 0.3) is 0 Å². The molecule has 1 atom stereocenters. The Labute approximate surface area is 125 Å². The maximum atomic E-state index is 5.69. The zero-order valence-electron chi connectivity index (χ0n) is 12.3. The van der Waals surface area contributed by atoms with E-state index in [1.54, 1.807) is 0 Å². The smallest absolute Gasteiger partial charge is 0.161 e. The van der Waals surface area contributed by atoms with E-state index in [0.29, 0.717) is 13.2 Å². The standard InChI is InChI=1S/C18H21NO2/c1-2-19-16(12-14-6-4-3-5-7-14)15-8-9-17-18(13-15)21-11-10-20-17/h3-9,13,16,19H,2,10-12H2,1H3. The Balaban J connectivity index is 1.83. The number of hydrogen-bond acceptors (Lipinski definition) is 3. The van der Waals surface area contributed by atoms with Crippen LogP contribution in [-0.2, 0) is 6.42 Å². The maximum Gasteiger partial charge on any atom is 0.161 e. The van der Waals surface area contributed by atoms with Crippen molar-refractivity contribution < 1.29 is 9.47 Å². The summed E-state index contributed by atoms with van der Waals surface area (Å²) in [5.41, 5.74) is 2.57. The second kappa shape index (κ2) is 6.64. The molecule has 1 aliphatic rings. The third-order valence-electron chi connectivity index (χ3n) is 3.70. The van der Waals surface area contributed by atoms with Gasteiger partial charge in [0, 0.05) is 6.04 Å². The Morgan fingerprint density at radius 2 is 1.76 bits per heavy atom. The van der Waals surface area contributed by atoms with E-state index >= 15 is 0 Å². The molecule has 0 fully saturated rings. The highest BCUT2D eigenvalue weighted by molar-refractivity contribution is 5.45. The number of ether oxygens (including phenoxy) is 2. The minimum absolute atomic E-state index is 0.285. The van der Waals surface area contributed by atoms with Crippen LogP contribution in [0.1, 0.15) is 24.1 Å². The Morgan fingerprint density at radius 1 is 1.00 bits per heavy atom. The van der Waals surface area contributed by atoms with Crippen molar-refractivity contribution in [3.8, 4) is 11.5 Å². The van der Waals surface area contributed by atoms with E-state index in [1.165, 1.54) is 11.1 Å². The molecule has 0 saturated carbocycles. The van der Waals surface area contributed by atoms with E-state index in [-0.39, 0.29) is 6.04 Å². The van der Waals surface area contributed by atoms with Crippen molar-refractivity contribution in [3.05, 3.63) is 59.7 Å². The van der Waals surface area contributed by atoms with Crippen LogP contribution >= 0.6 is 0 Å². The van der Waals surface area contributed by atoms with Gasteiger partial charge in [-0.1, -0.05) is 43.3 Å². The molecule has 0 spiro atoms. The maximum absolute atomic E-state index is 5.69. The summed E-state index contributed by atoms with van der Waals surface area (Å²) in [6.45, 7) is 4.33. The number of rotatable bonds is 5. The molecule has 1 aliphatic heterocycles. The van der Waals surface area contributed by atoms with Crippen LogP contribution in [0.3, 0.4) is 0 Å². The minimum atomic E-state index is 0.285. The van der Waals surface area contributed by atoms with Gasteiger partial charge in [-0.3, -0.25) is 0 Å². The van der Waals surface area contributed by atoms with Crippen LogP contribution in [0.4, 0.5) is 0 Å². The summed E-state index contributed by atoms with van der Waals surface area (Å²) in [5.74, 6) is 1.70. The lowest BCUT2D eigenvalue weighted by Gasteiger charge is -2.23. The van der Waals surface area contributed by atoms with Gasteiger partial charge in [-0.15, -0.1) is 0 Å². The van der Waals surface area contributed by atoms with Crippen molar-refractivity contribution in [3.63, 3.8) is 0 Å². The van der Waals surface area contributed by atoms with Crippen molar-refractivity contribution in [1.82, 2.24) is 5.32 Å². The molecule has 1 N–H and O–H groups in total. The number of likely N-dealkylation sites (N-methyl/N-ethyl adjacent to an activating group) is 1. The molecule has 3 rings (SSSR count). The number of hydrogen-bond donors (Lipinski definition) is 1. The van der Waals surface area contributed by atoms with Crippen LogP contribution < -0.4 is 14.8 Å². The molecule has 0 saturated heterocycles. The lowest BCUT2D eigenvalue weighted by molar-refractivity contribution is 0.171. The summed E-state index contributed by atoms with van der Waals surface area (Å²) in [6, 6.07) is 17.1. The first-order valence-electron chi connectivity index (χ1n) is 7.53. The molecule has 0 bridgehead atoms. The first-order chi connectivity index (χ1) is 10.4. The zero-order valence-corrected chi connectivity index (χ0v) is 12.3. The summed E-state index contributed by atoms with van der Waals surface area (Å²) in [5, 5.41) is 3.56. The molecule has 0 amide bonds. The van der Waals surface area contributed by atoms with Gasteiger partial charge in [0.1, 0.15) is 13.2 Å². The van der Waals surface area contributed by atoms with Crippen LogP contribution in [0.15, 0.2) is 48.5 Å². The molecule has 1 heterocycles. The zero-order chi connectivity index (χ0) is 14.5. The first-order valence-corrected chi connectivity index (χ1v) is 7.53. The van der Waals surface area contributed by atoms with Crippen molar-refractivity contribution in [2.24, 2.45) is 0 Å². The lowest BCUT2D eigenvalue weighted by atomic mass is 9.98. The molecule has 2 aromatic carbocycles. The van der Waals surface area contributed by atoms with Gasteiger partial charge in [-0.25, -0.2) is 0 Å². The topological polar surface area (TPSA) is 30.5 Å². The molecule has 3 heteroatoms. The Hall–Kier alpha value is -2.00. The lowest BCUT2D eigenvalue weighted by Crippen LogP contribution is -2.23. The Kier molecular flexibility index (Phi) is 4.41. The van der Waals surface area contributed by atoms with Gasteiger partial charge >= 0.3 is 0 Å². The van der Waals surface area contributed by atoms with Gasteiger partial charge in [0.2, 0.25) is 0 Å². The molecule has 2 aromatic rings. The van der Waals surface area contributed by atoms with Crippen molar-refractivity contribution in [2.45, 2.75) is 19.4 Å². The van der Waals surface area contributed by atoms with Gasteiger partial charge in [-0.2, -0.15) is 0 Å². The quantitative estimate of drug-likeness (QED) is 0.913. The molecule has 110 valence electrons. The fourth-order valence-electron chi connectivity index (χ4n) is 2.68. The third-order valence-corrected chi connectivity index (χ3v) is 3.70. The highest BCUT2D eigenvalue weighted by Gasteiger charge is 2.16. The normalized spacial score (nSPS) is 14.7. The molecule has 0 aromatic heterocycles. The third kappa shape index (κ3) is 3.37. The molecule has 3 nitrogen and oxygen atoms in total. The first kappa shape index (κ1) is 14.0. The Bertz CT molecular complexity index is 583. The molecular formula is C18H21NO2. The number of fused-ring (bicyclic) bond motifs is 1. The molecule has 21 heavy (non-hydrogen) atoms. The van der Waals surface area contributed by atoms with Crippen LogP contribution in [0.5, 0.6) is 11.5 Å². The monoisotopic (exact) mass is 283 g/mol. The van der Waals surface area contributed by atoms with Gasteiger partial charge < -0.3 is 14.8 Å². The summed E-state index contributed by atoms with van der Waals surface area (Å²) in [4.78, 5) is 0. The van der Waals surface area contributed by atoms with E-state index < -0.39 is 0 Å². The second-order valence-corrected chi connectivity index (χ2v) is 5.20. The number of benzene rings is 2. The van der Waals surface area contributed by atoms with Crippen LogP contribution in [0.2, 0.25) is 0 Å². The van der Waals surface area contributed by atoms with Gasteiger partial charge in [0.05, 0.1) is 0 Å². The van der Waals surface area contributed by atoms with E-state index in [2.05, 4.69) is 54.7 Å². The second-order valence-electron chi connectivity index (χ2n) is 5.20. The van der Waals surface area contributed by atoms with Crippen molar-refractivity contribution >= 4 is 0 Å². The van der Waals surface area contributed by atoms with E-state index in [0.717, 1.165) is 24.5 Å². The minimum Gasteiger partial charge on any atom is -0.486 e. The fourth-order valence-corrected chi connectivity index (χ4v) is 2.68. The Morgan fingerprint density at radius 3 is 2.52 bits per heavy atom. The molecule has 0 aliphatic carbocycles. The predicted molar refractivity (Wildman–Crippen MR) is 84.0 cm³/mol. The van der Waals surface area contributed by atoms with Crippen molar-refractivity contribution in [2.75, 3.05) is 19.8 Å². The van der Waals surface area contributed by atoms with E-state index in [4.69, 9.17) is 9.47 Å². The average Bonchev–Trinajstić information content (AvgIpc) is 2.55. The highest BCUT2D eigenvalue weighted by Crippen LogP contribution is 2.33.